The zero-order chi connectivity index (χ0) is 23.6. The third-order valence-electron chi connectivity index (χ3n) is 5.78. The number of para-hydroxylation sites is 2. The number of nitrogens with zero attached hydrogens (tertiary/aromatic N) is 3. The lowest BCUT2D eigenvalue weighted by atomic mass is 9.94. The molecular weight excluding hydrogens is 440 g/mol. The van der Waals surface area contributed by atoms with Crippen molar-refractivity contribution in [3.05, 3.63) is 66.5 Å². The Bertz CT molecular complexity index is 1230. The van der Waals surface area contributed by atoms with Crippen LogP contribution in [0.1, 0.15) is 30.6 Å². The van der Waals surface area contributed by atoms with E-state index in [0.717, 1.165) is 6.42 Å². The van der Waals surface area contributed by atoms with Gasteiger partial charge in [-0.25, -0.2) is 13.1 Å². The lowest BCUT2D eigenvalue weighted by Crippen LogP contribution is -2.42. The standard InChI is InChI=1S/C24H28N4O4S/c1-17-13-18(2)16-27(15-17)33(30,31)23-14-19(9-10-22(23)32-3)24(29)26-20-7-4-5-8-21(20)28-12-6-11-25-28/h4-12,14,17-18H,13,15-16H2,1-3H3,(H,26,29). The van der Waals surface area contributed by atoms with E-state index in [1.807, 2.05) is 18.2 Å². The highest BCUT2D eigenvalue weighted by Crippen LogP contribution is 2.32. The van der Waals surface area contributed by atoms with Gasteiger partial charge in [0, 0.05) is 31.0 Å². The van der Waals surface area contributed by atoms with Crippen molar-refractivity contribution >= 4 is 21.6 Å². The monoisotopic (exact) mass is 468 g/mol. The number of anilines is 1. The van der Waals surface area contributed by atoms with Gasteiger partial charge in [-0.2, -0.15) is 9.40 Å². The molecule has 2 aromatic carbocycles. The van der Waals surface area contributed by atoms with Gasteiger partial charge in [0.1, 0.15) is 10.6 Å². The molecule has 33 heavy (non-hydrogen) atoms. The van der Waals surface area contributed by atoms with Gasteiger partial charge < -0.3 is 10.1 Å². The van der Waals surface area contributed by atoms with Crippen LogP contribution in [0.15, 0.2) is 65.8 Å². The molecule has 0 saturated carbocycles. The molecule has 3 aromatic rings. The van der Waals surface area contributed by atoms with Crippen molar-refractivity contribution in [1.82, 2.24) is 14.1 Å². The number of piperidine rings is 1. The highest BCUT2D eigenvalue weighted by molar-refractivity contribution is 7.89. The maximum atomic E-state index is 13.5. The van der Waals surface area contributed by atoms with Crippen molar-refractivity contribution in [3.8, 4) is 11.4 Å². The Morgan fingerprint density at radius 1 is 1.09 bits per heavy atom. The molecule has 0 bridgehead atoms. The van der Waals surface area contributed by atoms with Crippen LogP contribution in [0.2, 0.25) is 0 Å². The minimum absolute atomic E-state index is 0.000638. The third-order valence-corrected chi connectivity index (χ3v) is 7.64. The van der Waals surface area contributed by atoms with Gasteiger partial charge in [-0.3, -0.25) is 4.79 Å². The van der Waals surface area contributed by atoms with Crippen molar-refractivity contribution in [2.45, 2.75) is 25.2 Å². The summed E-state index contributed by atoms with van der Waals surface area (Å²) in [6.07, 6.45) is 4.42. The van der Waals surface area contributed by atoms with E-state index in [0.29, 0.717) is 24.5 Å². The lowest BCUT2D eigenvalue weighted by Gasteiger charge is -2.34. The molecule has 1 aliphatic heterocycles. The number of ether oxygens (including phenoxy) is 1. The second-order valence-electron chi connectivity index (χ2n) is 8.56. The number of rotatable bonds is 6. The van der Waals surface area contributed by atoms with Gasteiger partial charge in [0.2, 0.25) is 10.0 Å². The summed E-state index contributed by atoms with van der Waals surface area (Å²) in [6, 6.07) is 13.5. The number of carbonyl (C=O) groups is 1. The molecule has 0 spiro atoms. The number of amides is 1. The molecule has 8 nitrogen and oxygen atoms in total. The van der Waals surface area contributed by atoms with Crippen molar-refractivity contribution in [3.63, 3.8) is 0 Å². The van der Waals surface area contributed by atoms with E-state index < -0.39 is 15.9 Å². The SMILES string of the molecule is COc1ccc(C(=O)Nc2ccccc2-n2cccn2)cc1S(=O)(=O)N1CC(C)CC(C)C1. The fourth-order valence-corrected chi connectivity index (χ4v) is 6.21. The van der Waals surface area contributed by atoms with E-state index in [4.69, 9.17) is 4.74 Å². The molecule has 174 valence electrons. The summed E-state index contributed by atoms with van der Waals surface area (Å²) >= 11 is 0. The van der Waals surface area contributed by atoms with Gasteiger partial charge in [0.15, 0.2) is 0 Å². The molecule has 1 aromatic heterocycles. The van der Waals surface area contributed by atoms with Gasteiger partial charge in [0.05, 0.1) is 18.5 Å². The molecule has 4 rings (SSSR count). The van der Waals surface area contributed by atoms with Crippen molar-refractivity contribution < 1.29 is 17.9 Å². The van der Waals surface area contributed by atoms with Gasteiger partial charge in [-0.05, 0) is 54.7 Å². The van der Waals surface area contributed by atoms with Gasteiger partial charge >= 0.3 is 0 Å². The van der Waals surface area contributed by atoms with E-state index in [2.05, 4.69) is 24.3 Å². The Hall–Kier alpha value is -3.17. The first-order chi connectivity index (χ1) is 15.8. The summed E-state index contributed by atoms with van der Waals surface area (Å²) < 4.78 is 35.5. The molecule has 1 fully saturated rings. The van der Waals surface area contributed by atoms with Crippen LogP contribution in [-0.4, -0.2) is 48.6 Å². The zero-order valence-electron chi connectivity index (χ0n) is 18.9. The number of sulfonamides is 1. The van der Waals surface area contributed by atoms with Crippen LogP contribution >= 0.6 is 0 Å². The molecule has 0 radical (unpaired) electrons. The first kappa shape index (κ1) is 23.0. The largest absolute Gasteiger partial charge is 0.495 e. The molecule has 2 atom stereocenters. The van der Waals surface area contributed by atoms with Crippen molar-refractivity contribution in [1.29, 1.82) is 0 Å². The van der Waals surface area contributed by atoms with E-state index in [1.165, 1.54) is 23.5 Å². The van der Waals surface area contributed by atoms with E-state index in [9.17, 15) is 13.2 Å². The molecule has 1 amide bonds. The average molecular weight is 469 g/mol. The van der Waals surface area contributed by atoms with Gasteiger partial charge in [-0.15, -0.1) is 0 Å². The Balaban J connectivity index is 1.66. The summed E-state index contributed by atoms with van der Waals surface area (Å²) in [5, 5.41) is 7.10. The number of aromatic nitrogens is 2. The summed E-state index contributed by atoms with van der Waals surface area (Å²) in [7, 11) is -2.40. The molecule has 0 aliphatic carbocycles. The fourth-order valence-electron chi connectivity index (χ4n) is 4.35. The van der Waals surface area contributed by atoms with Crippen molar-refractivity contribution in [2.24, 2.45) is 11.8 Å². The predicted molar refractivity (Wildman–Crippen MR) is 126 cm³/mol. The normalized spacial score (nSPS) is 19.2. The molecule has 2 heterocycles. The highest BCUT2D eigenvalue weighted by Gasteiger charge is 2.34. The maximum absolute atomic E-state index is 13.5. The highest BCUT2D eigenvalue weighted by atomic mass is 32.2. The van der Waals surface area contributed by atoms with Gasteiger partial charge in [-0.1, -0.05) is 26.0 Å². The summed E-state index contributed by atoms with van der Waals surface area (Å²) in [4.78, 5) is 13.1. The van der Waals surface area contributed by atoms with Crippen LogP contribution in [-0.2, 0) is 10.0 Å². The number of hydrogen-bond donors (Lipinski definition) is 1. The number of hydrogen-bond acceptors (Lipinski definition) is 5. The first-order valence-electron chi connectivity index (χ1n) is 10.9. The maximum Gasteiger partial charge on any atom is 0.255 e. The Kier molecular flexibility index (Phi) is 6.53. The number of methoxy groups -OCH3 is 1. The molecule has 1 saturated heterocycles. The summed E-state index contributed by atoms with van der Waals surface area (Å²) in [6.45, 7) is 5.00. The Labute approximate surface area is 194 Å². The summed E-state index contributed by atoms with van der Waals surface area (Å²) in [5.74, 6) is 0.322. The van der Waals surface area contributed by atoms with E-state index in [-0.39, 0.29) is 28.0 Å². The fraction of sp³-hybridized carbons (Fsp3) is 0.333. The number of nitrogens with one attached hydrogen (secondary N) is 1. The molecule has 1 aliphatic rings. The minimum Gasteiger partial charge on any atom is -0.495 e. The number of benzene rings is 2. The molecule has 2 unspecified atom stereocenters. The second-order valence-corrected chi connectivity index (χ2v) is 10.5. The van der Waals surface area contributed by atoms with Crippen LogP contribution in [0.3, 0.4) is 0 Å². The lowest BCUT2D eigenvalue weighted by molar-refractivity contribution is 0.102. The minimum atomic E-state index is -3.83. The summed E-state index contributed by atoms with van der Waals surface area (Å²) in [5.41, 5.74) is 1.49. The molecule has 1 N–H and O–H groups in total. The van der Waals surface area contributed by atoms with E-state index >= 15 is 0 Å². The third kappa shape index (κ3) is 4.79. The molecular formula is C24H28N4O4S. The quantitative estimate of drug-likeness (QED) is 0.594. The smallest absolute Gasteiger partial charge is 0.255 e. The van der Waals surface area contributed by atoms with Crippen LogP contribution < -0.4 is 10.1 Å². The predicted octanol–water partition coefficient (Wildman–Crippen LogP) is 3.80. The topological polar surface area (TPSA) is 93.5 Å². The second kappa shape index (κ2) is 9.36. The average Bonchev–Trinajstić information content (AvgIpc) is 3.33. The van der Waals surface area contributed by atoms with Gasteiger partial charge in [0.25, 0.3) is 5.91 Å². The van der Waals surface area contributed by atoms with E-state index in [1.54, 1.807) is 35.3 Å². The Morgan fingerprint density at radius 2 is 1.82 bits per heavy atom. The zero-order valence-corrected chi connectivity index (χ0v) is 19.7. The first-order valence-corrected chi connectivity index (χ1v) is 12.3. The van der Waals surface area contributed by atoms with Crippen LogP contribution in [0.5, 0.6) is 5.75 Å². The van der Waals surface area contributed by atoms with Crippen LogP contribution in [0.25, 0.3) is 5.69 Å². The van der Waals surface area contributed by atoms with Crippen molar-refractivity contribution in [2.75, 3.05) is 25.5 Å². The Morgan fingerprint density at radius 3 is 2.48 bits per heavy atom. The van der Waals surface area contributed by atoms with Crippen LogP contribution in [0.4, 0.5) is 5.69 Å². The number of carbonyl (C=O) groups excluding carboxylic acids is 1. The molecule has 9 heteroatoms. The van der Waals surface area contributed by atoms with Crippen LogP contribution in [0, 0.1) is 11.8 Å².